The summed E-state index contributed by atoms with van der Waals surface area (Å²) in [5, 5.41) is 3.27. The van der Waals surface area contributed by atoms with Gasteiger partial charge in [0.25, 0.3) is 5.91 Å². The van der Waals surface area contributed by atoms with Gasteiger partial charge in [0.2, 0.25) is 0 Å². The molecule has 3 amide bonds. The highest BCUT2D eigenvalue weighted by molar-refractivity contribution is 6.09. The van der Waals surface area contributed by atoms with E-state index in [2.05, 4.69) is 9.47 Å². The highest BCUT2D eigenvalue weighted by Gasteiger charge is 2.31. The third-order valence-electron chi connectivity index (χ3n) is 3.42. The van der Waals surface area contributed by atoms with Gasteiger partial charge < -0.3 is 14.8 Å². The molecule has 0 aliphatic rings. The molecule has 2 N–H and O–H groups in total. The lowest BCUT2D eigenvalue weighted by molar-refractivity contribution is -0.154. The molecule has 0 radical (unpaired) electrons. The Balaban J connectivity index is 2.23. The van der Waals surface area contributed by atoms with E-state index in [4.69, 9.17) is 0 Å². The molecule has 0 aliphatic carbocycles. The first-order valence-corrected chi connectivity index (χ1v) is 8.34. The summed E-state index contributed by atoms with van der Waals surface area (Å²) in [6, 6.07) is 3.24. The molecule has 0 saturated heterocycles. The molecule has 0 heterocycles. The van der Waals surface area contributed by atoms with Crippen LogP contribution in [0.1, 0.15) is 10.4 Å². The summed E-state index contributed by atoms with van der Waals surface area (Å²) >= 11 is 0. The normalized spacial score (nSPS) is 11.6. The Morgan fingerprint density at radius 1 is 0.844 bits per heavy atom. The van der Waals surface area contributed by atoms with Gasteiger partial charge in [-0.25, -0.2) is 13.6 Å². The molecule has 14 heteroatoms. The molecule has 0 atom stereocenters. The number of nitrogens with one attached hydrogen (secondary N) is 2. The van der Waals surface area contributed by atoms with Crippen LogP contribution in [0.15, 0.2) is 36.4 Å². The molecule has 6 nitrogen and oxygen atoms in total. The number of anilines is 1. The van der Waals surface area contributed by atoms with E-state index in [0.29, 0.717) is 6.07 Å². The highest BCUT2D eigenvalue weighted by Crippen LogP contribution is 2.28. The molecule has 2 aromatic carbocycles. The number of carbonyl (C=O) groups is 2. The van der Waals surface area contributed by atoms with Crippen LogP contribution < -0.4 is 20.1 Å². The molecule has 0 fully saturated rings. The Morgan fingerprint density at radius 2 is 1.41 bits per heavy atom. The lowest BCUT2D eigenvalue weighted by atomic mass is 10.1. The standard InChI is InChI=1S/C18H12F8N2O4/c19-11-2-1-3-12(20)14(11)27-16(30)28-15(29)10-6-9(31-7-17(21,22)23)4-5-13(10)32-8-18(24,25)26/h1-6H,7-8H2,(H2,27,28,29,30). The van der Waals surface area contributed by atoms with Gasteiger partial charge in [-0.1, -0.05) is 6.07 Å². The zero-order chi connectivity index (χ0) is 24.1. The van der Waals surface area contributed by atoms with Crippen molar-refractivity contribution in [3.8, 4) is 11.5 Å². The van der Waals surface area contributed by atoms with Crippen LogP contribution in [0.2, 0.25) is 0 Å². The average molecular weight is 472 g/mol. The number of hydrogen-bond donors (Lipinski definition) is 2. The van der Waals surface area contributed by atoms with Gasteiger partial charge in [0.15, 0.2) is 13.2 Å². The molecule has 0 aliphatic heterocycles. The predicted octanol–water partition coefficient (Wildman–Crippen LogP) is 4.81. The van der Waals surface area contributed by atoms with Crippen molar-refractivity contribution in [1.82, 2.24) is 5.32 Å². The van der Waals surface area contributed by atoms with Gasteiger partial charge in [0.1, 0.15) is 28.8 Å². The van der Waals surface area contributed by atoms with Crippen molar-refractivity contribution < 1.29 is 54.2 Å². The molecular weight excluding hydrogens is 460 g/mol. The number of urea groups is 1. The molecule has 2 rings (SSSR count). The maximum absolute atomic E-state index is 13.6. The van der Waals surface area contributed by atoms with E-state index < -0.39 is 71.9 Å². The van der Waals surface area contributed by atoms with Crippen molar-refractivity contribution in [2.75, 3.05) is 18.5 Å². The number of rotatable bonds is 6. The van der Waals surface area contributed by atoms with Crippen molar-refractivity contribution in [3.05, 3.63) is 53.6 Å². The summed E-state index contributed by atoms with van der Waals surface area (Å²) in [4.78, 5) is 24.2. The maximum Gasteiger partial charge on any atom is 0.422 e. The summed E-state index contributed by atoms with van der Waals surface area (Å²) in [6.07, 6.45) is -9.57. The van der Waals surface area contributed by atoms with E-state index in [1.54, 1.807) is 10.6 Å². The number of hydrogen-bond acceptors (Lipinski definition) is 4. The number of carbonyl (C=O) groups excluding carboxylic acids is 2. The summed E-state index contributed by atoms with van der Waals surface area (Å²) in [5.41, 5.74) is -1.73. The number of ether oxygens (including phenoxy) is 2. The number of para-hydroxylation sites is 1. The summed E-state index contributed by atoms with van der Waals surface area (Å²) in [5.74, 6) is -5.15. The van der Waals surface area contributed by atoms with E-state index in [0.717, 1.165) is 30.3 Å². The fraction of sp³-hybridized carbons (Fsp3) is 0.222. The van der Waals surface area contributed by atoms with Crippen molar-refractivity contribution in [1.29, 1.82) is 0 Å². The fourth-order valence-electron chi connectivity index (χ4n) is 2.16. The van der Waals surface area contributed by atoms with Crippen LogP contribution in [0.3, 0.4) is 0 Å². The van der Waals surface area contributed by atoms with E-state index >= 15 is 0 Å². The van der Waals surface area contributed by atoms with Gasteiger partial charge in [-0.2, -0.15) is 26.3 Å². The molecule has 0 saturated carbocycles. The Hall–Kier alpha value is -3.58. The first kappa shape index (κ1) is 24.7. The van der Waals surface area contributed by atoms with Crippen molar-refractivity contribution >= 4 is 17.6 Å². The molecule has 0 bridgehead atoms. The van der Waals surface area contributed by atoms with Crippen LogP contribution in [-0.4, -0.2) is 37.5 Å². The maximum atomic E-state index is 13.6. The van der Waals surface area contributed by atoms with Gasteiger partial charge in [-0.15, -0.1) is 0 Å². The molecule has 32 heavy (non-hydrogen) atoms. The van der Waals surface area contributed by atoms with Crippen LogP contribution >= 0.6 is 0 Å². The first-order chi connectivity index (χ1) is 14.7. The van der Waals surface area contributed by atoms with Crippen LogP contribution in [0.25, 0.3) is 0 Å². The molecule has 2 aromatic rings. The van der Waals surface area contributed by atoms with Gasteiger partial charge in [-0.05, 0) is 30.3 Å². The van der Waals surface area contributed by atoms with E-state index in [1.165, 1.54) is 0 Å². The number of amides is 3. The number of imide groups is 1. The number of benzene rings is 2. The van der Waals surface area contributed by atoms with Crippen molar-refractivity contribution in [2.45, 2.75) is 12.4 Å². The summed E-state index contributed by atoms with van der Waals surface area (Å²) in [7, 11) is 0. The second kappa shape index (κ2) is 9.70. The van der Waals surface area contributed by atoms with Crippen molar-refractivity contribution in [3.63, 3.8) is 0 Å². The SMILES string of the molecule is O=C(NC(=O)c1cc(OCC(F)(F)F)ccc1OCC(F)(F)F)Nc1c(F)cccc1F. The van der Waals surface area contributed by atoms with E-state index in [1.807, 2.05) is 0 Å². The summed E-state index contributed by atoms with van der Waals surface area (Å²) < 4.78 is 110. The van der Waals surface area contributed by atoms with Gasteiger partial charge in [0, 0.05) is 0 Å². The van der Waals surface area contributed by atoms with Gasteiger partial charge in [0.05, 0.1) is 5.56 Å². The fourth-order valence-corrected chi connectivity index (χ4v) is 2.16. The Labute approximate surface area is 174 Å². The monoisotopic (exact) mass is 472 g/mol. The van der Waals surface area contributed by atoms with Gasteiger partial charge >= 0.3 is 18.4 Å². The second-order valence-electron chi connectivity index (χ2n) is 5.97. The third kappa shape index (κ3) is 7.59. The average Bonchev–Trinajstić information content (AvgIpc) is 2.66. The van der Waals surface area contributed by atoms with Crippen LogP contribution in [0.4, 0.5) is 45.6 Å². The predicted molar refractivity (Wildman–Crippen MR) is 92.4 cm³/mol. The van der Waals surface area contributed by atoms with Gasteiger partial charge in [-0.3, -0.25) is 10.1 Å². The minimum absolute atomic E-state index is 0.576. The lowest BCUT2D eigenvalue weighted by Gasteiger charge is -2.15. The highest BCUT2D eigenvalue weighted by atomic mass is 19.4. The zero-order valence-electron chi connectivity index (χ0n) is 15.5. The Bertz CT molecular complexity index is 972. The Morgan fingerprint density at radius 3 is 1.97 bits per heavy atom. The molecule has 0 aromatic heterocycles. The number of halogens is 8. The van der Waals surface area contributed by atoms with Crippen LogP contribution in [-0.2, 0) is 0 Å². The molecule has 174 valence electrons. The minimum Gasteiger partial charge on any atom is -0.484 e. The molecule has 0 spiro atoms. The molecular formula is C18H12F8N2O4. The smallest absolute Gasteiger partial charge is 0.422 e. The molecule has 0 unspecified atom stereocenters. The quantitative estimate of drug-likeness (QED) is 0.592. The Kier molecular flexibility index (Phi) is 7.48. The first-order valence-electron chi connectivity index (χ1n) is 8.34. The van der Waals surface area contributed by atoms with E-state index in [-0.39, 0.29) is 0 Å². The minimum atomic E-state index is -4.82. The second-order valence-corrected chi connectivity index (χ2v) is 5.97. The zero-order valence-corrected chi connectivity index (χ0v) is 15.5. The third-order valence-corrected chi connectivity index (χ3v) is 3.42. The number of alkyl halides is 6. The van der Waals surface area contributed by atoms with Crippen LogP contribution in [0, 0.1) is 11.6 Å². The van der Waals surface area contributed by atoms with Crippen molar-refractivity contribution in [2.24, 2.45) is 0 Å². The van der Waals surface area contributed by atoms with Crippen LogP contribution in [0.5, 0.6) is 11.5 Å². The topological polar surface area (TPSA) is 76.7 Å². The lowest BCUT2D eigenvalue weighted by Crippen LogP contribution is -2.35. The largest absolute Gasteiger partial charge is 0.484 e. The van der Waals surface area contributed by atoms with E-state index in [9.17, 15) is 44.7 Å². The summed E-state index contributed by atoms with van der Waals surface area (Å²) in [6.45, 7) is -3.63.